The second-order valence-electron chi connectivity index (χ2n) is 6.93. The number of halogens is 1. The first-order chi connectivity index (χ1) is 12.2. The number of unbranched alkanes of at least 4 members (excludes halogenated alkanes) is 1. The summed E-state index contributed by atoms with van der Waals surface area (Å²) in [4.78, 5) is 8.86. The minimum Gasteiger partial charge on any atom is -0.235 e. The topological polar surface area (TPSA) is 25.8 Å². The van der Waals surface area contributed by atoms with Crippen molar-refractivity contribution in [2.75, 3.05) is 0 Å². The molecule has 1 aliphatic carbocycles. The van der Waals surface area contributed by atoms with E-state index >= 15 is 0 Å². The number of aromatic nitrogens is 2. The fourth-order valence-corrected chi connectivity index (χ4v) is 3.54. The lowest BCUT2D eigenvalue weighted by atomic mass is 9.80. The maximum Gasteiger partial charge on any atom is 0.159 e. The smallest absolute Gasteiger partial charge is 0.159 e. The Hall–Kier alpha value is -1.85. The Morgan fingerprint density at radius 2 is 1.72 bits per heavy atom. The highest BCUT2D eigenvalue weighted by molar-refractivity contribution is 6.30. The Bertz CT molecular complexity index is 717. The Labute approximate surface area is 156 Å². The van der Waals surface area contributed by atoms with Gasteiger partial charge in [0.25, 0.3) is 0 Å². The van der Waals surface area contributed by atoms with Crippen LogP contribution in [0.4, 0.5) is 0 Å². The molecule has 0 atom stereocenters. The van der Waals surface area contributed by atoms with Crippen LogP contribution < -0.4 is 0 Å². The zero-order chi connectivity index (χ0) is 17.5. The van der Waals surface area contributed by atoms with Crippen molar-refractivity contribution in [3.05, 3.63) is 47.2 Å². The van der Waals surface area contributed by atoms with Crippen LogP contribution in [0.3, 0.4) is 0 Å². The van der Waals surface area contributed by atoms with Crippen molar-refractivity contribution in [2.24, 2.45) is 11.8 Å². The normalized spacial score (nSPS) is 19.9. The van der Waals surface area contributed by atoms with Gasteiger partial charge >= 0.3 is 0 Å². The van der Waals surface area contributed by atoms with Gasteiger partial charge < -0.3 is 0 Å². The molecule has 0 saturated heterocycles. The van der Waals surface area contributed by atoms with Crippen molar-refractivity contribution in [3.8, 4) is 23.2 Å². The minimum absolute atomic E-state index is 0.536. The zero-order valence-corrected chi connectivity index (χ0v) is 15.6. The van der Waals surface area contributed by atoms with Gasteiger partial charge in [-0.3, -0.25) is 0 Å². The molecule has 130 valence electrons. The summed E-state index contributed by atoms with van der Waals surface area (Å²) in [7, 11) is 0. The Kier molecular flexibility index (Phi) is 6.48. The van der Waals surface area contributed by atoms with E-state index < -0.39 is 0 Å². The molecule has 25 heavy (non-hydrogen) atoms. The van der Waals surface area contributed by atoms with Crippen LogP contribution >= 0.6 is 11.6 Å². The number of nitrogens with zero attached hydrogens (tertiary/aromatic N) is 2. The fraction of sp³-hybridized carbons (Fsp3) is 0.455. The molecular weight excluding hydrogens is 328 g/mol. The lowest BCUT2D eigenvalue weighted by Gasteiger charge is -2.25. The van der Waals surface area contributed by atoms with Crippen LogP contribution in [0.25, 0.3) is 11.4 Å². The van der Waals surface area contributed by atoms with Gasteiger partial charge in [0.05, 0.1) is 5.56 Å². The summed E-state index contributed by atoms with van der Waals surface area (Å²) >= 11 is 5.91. The van der Waals surface area contributed by atoms with Crippen LogP contribution in [-0.2, 0) is 0 Å². The van der Waals surface area contributed by atoms with Crippen LogP contribution in [0.15, 0.2) is 36.7 Å². The first-order valence-electron chi connectivity index (χ1n) is 9.34. The average Bonchev–Trinajstić information content (AvgIpc) is 2.67. The molecule has 0 bridgehead atoms. The predicted molar refractivity (Wildman–Crippen MR) is 104 cm³/mol. The highest BCUT2D eigenvalue weighted by Gasteiger charge is 2.19. The lowest BCUT2D eigenvalue weighted by Crippen LogP contribution is -2.13. The number of hydrogen-bond donors (Lipinski definition) is 0. The van der Waals surface area contributed by atoms with Crippen LogP contribution in [0, 0.1) is 23.7 Å². The minimum atomic E-state index is 0.536. The monoisotopic (exact) mass is 352 g/mol. The first-order valence-corrected chi connectivity index (χ1v) is 9.72. The van der Waals surface area contributed by atoms with Gasteiger partial charge in [0.1, 0.15) is 0 Å². The molecule has 1 aromatic heterocycles. The predicted octanol–water partition coefficient (Wildman–Crippen LogP) is 6.15. The molecule has 0 spiro atoms. The van der Waals surface area contributed by atoms with E-state index in [1.807, 2.05) is 36.7 Å². The SMILES string of the molecule is CCCCC1CCC(C#Cc2cnc(-c3ccc(Cl)cc3)nc2)CC1. The molecule has 0 N–H and O–H groups in total. The third kappa shape index (κ3) is 5.31. The van der Waals surface area contributed by atoms with Gasteiger partial charge in [0, 0.05) is 28.9 Å². The van der Waals surface area contributed by atoms with Gasteiger partial charge in [0.15, 0.2) is 5.82 Å². The standard InChI is InChI=1S/C22H25ClN2/c1-2-3-4-17-5-7-18(8-6-17)9-10-19-15-24-22(25-16-19)20-11-13-21(23)14-12-20/h11-18H,2-8H2,1H3. The lowest BCUT2D eigenvalue weighted by molar-refractivity contribution is 0.296. The van der Waals surface area contributed by atoms with Crippen molar-refractivity contribution in [1.82, 2.24) is 9.97 Å². The molecule has 1 saturated carbocycles. The summed E-state index contributed by atoms with van der Waals surface area (Å²) in [5.74, 6) is 8.87. The van der Waals surface area contributed by atoms with Crippen molar-refractivity contribution < 1.29 is 0 Å². The molecule has 0 aliphatic heterocycles. The Morgan fingerprint density at radius 3 is 2.36 bits per heavy atom. The van der Waals surface area contributed by atoms with E-state index in [4.69, 9.17) is 11.6 Å². The second-order valence-corrected chi connectivity index (χ2v) is 7.37. The van der Waals surface area contributed by atoms with Crippen LogP contribution in [0.2, 0.25) is 5.02 Å². The van der Waals surface area contributed by atoms with E-state index in [1.54, 1.807) is 0 Å². The van der Waals surface area contributed by atoms with E-state index in [1.165, 1.54) is 44.9 Å². The molecule has 3 heteroatoms. The van der Waals surface area contributed by atoms with Crippen LogP contribution in [0.1, 0.15) is 57.4 Å². The summed E-state index contributed by atoms with van der Waals surface area (Å²) in [5.41, 5.74) is 1.86. The third-order valence-corrected chi connectivity index (χ3v) is 5.24. The van der Waals surface area contributed by atoms with E-state index in [9.17, 15) is 0 Å². The maximum atomic E-state index is 5.91. The summed E-state index contributed by atoms with van der Waals surface area (Å²) < 4.78 is 0. The van der Waals surface area contributed by atoms with Gasteiger partial charge in [-0.05, 0) is 55.9 Å². The zero-order valence-electron chi connectivity index (χ0n) is 14.8. The highest BCUT2D eigenvalue weighted by atomic mass is 35.5. The summed E-state index contributed by atoms with van der Waals surface area (Å²) in [6.07, 6.45) is 12.9. The molecular formula is C22H25ClN2. The van der Waals surface area contributed by atoms with Gasteiger partial charge in [-0.15, -0.1) is 0 Å². The Morgan fingerprint density at radius 1 is 1.04 bits per heavy atom. The summed E-state index contributed by atoms with van der Waals surface area (Å²) in [6.45, 7) is 2.28. The Balaban J connectivity index is 1.56. The van der Waals surface area contributed by atoms with Gasteiger partial charge in [-0.1, -0.05) is 49.6 Å². The molecule has 1 fully saturated rings. The quantitative estimate of drug-likeness (QED) is 0.617. The first kappa shape index (κ1) is 18.0. The van der Waals surface area contributed by atoms with Crippen molar-refractivity contribution in [2.45, 2.75) is 51.9 Å². The van der Waals surface area contributed by atoms with E-state index in [2.05, 4.69) is 28.7 Å². The fourth-order valence-electron chi connectivity index (χ4n) is 3.41. The van der Waals surface area contributed by atoms with Crippen molar-refractivity contribution >= 4 is 11.6 Å². The van der Waals surface area contributed by atoms with Crippen LogP contribution in [-0.4, -0.2) is 9.97 Å². The maximum absolute atomic E-state index is 5.91. The van der Waals surface area contributed by atoms with E-state index in [0.29, 0.717) is 11.7 Å². The van der Waals surface area contributed by atoms with E-state index in [-0.39, 0.29) is 0 Å². The molecule has 3 rings (SSSR count). The van der Waals surface area contributed by atoms with Gasteiger partial charge in [0.2, 0.25) is 0 Å². The molecule has 1 heterocycles. The molecule has 0 unspecified atom stereocenters. The number of rotatable bonds is 4. The van der Waals surface area contributed by atoms with E-state index in [0.717, 1.165) is 22.1 Å². The van der Waals surface area contributed by atoms with Crippen molar-refractivity contribution in [3.63, 3.8) is 0 Å². The van der Waals surface area contributed by atoms with Crippen LogP contribution in [0.5, 0.6) is 0 Å². The van der Waals surface area contributed by atoms with Crippen molar-refractivity contribution in [1.29, 1.82) is 0 Å². The largest absolute Gasteiger partial charge is 0.235 e. The highest BCUT2D eigenvalue weighted by Crippen LogP contribution is 2.31. The molecule has 2 aromatic rings. The number of hydrogen-bond acceptors (Lipinski definition) is 2. The molecule has 0 radical (unpaired) electrons. The van der Waals surface area contributed by atoms with Gasteiger partial charge in [-0.2, -0.15) is 0 Å². The molecule has 1 aliphatic rings. The second kappa shape index (κ2) is 9.02. The number of benzene rings is 1. The third-order valence-electron chi connectivity index (χ3n) is 4.99. The van der Waals surface area contributed by atoms with Gasteiger partial charge in [-0.25, -0.2) is 9.97 Å². The molecule has 0 amide bonds. The summed E-state index contributed by atoms with van der Waals surface area (Å²) in [6, 6.07) is 7.57. The average molecular weight is 353 g/mol. The molecule has 1 aromatic carbocycles. The molecule has 2 nitrogen and oxygen atoms in total. The summed E-state index contributed by atoms with van der Waals surface area (Å²) in [5, 5.41) is 0.718.